The lowest BCUT2D eigenvalue weighted by atomic mass is 10.0. The summed E-state index contributed by atoms with van der Waals surface area (Å²) in [4.78, 5) is 18.9. The predicted molar refractivity (Wildman–Crippen MR) is 146 cm³/mol. The molecular weight excluding hydrogens is 484 g/mol. The average Bonchev–Trinajstić information content (AvgIpc) is 3.55. The van der Waals surface area contributed by atoms with E-state index in [0.29, 0.717) is 25.5 Å². The van der Waals surface area contributed by atoms with Gasteiger partial charge in [0.2, 0.25) is 5.89 Å². The maximum atomic E-state index is 12.0. The van der Waals surface area contributed by atoms with Crippen LogP contribution < -0.4 is 4.74 Å². The molecule has 4 aromatic rings. The number of carbonyl (C=O) groups is 1. The van der Waals surface area contributed by atoms with Gasteiger partial charge in [0, 0.05) is 30.2 Å². The molecule has 2 heterocycles. The Hall–Kier alpha value is -3.55. The van der Waals surface area contributed by atoms with E-state index in [-0.39, 0.29) is 12.0 Å². The molecule has 3 aromatic carbocycles. The molecule has 1 aliphatic heterocycles. The minimum Gasteiger partial charge on any atom is -0.493 e. The topological polar surface area (TPSA) is 64.8 Å². The van der Waals surface area contributed by atoms with Crippen LogP contribution in [0, 0.1) is 6.92 Å². The van der Waals surface area contributed by atoms with Gasteiger partial charge in [-0.1, -0.05) is 54.6 Å². The molecule has 7 heteroatoms. The summed E-state index contributed by atoms with van der Waals surface area (Å²) in [6.07, 6.45) is 0.648. The van der Waals surface area contributed by atoms with Crippen molar-refractivity contribution in [2.45, 2.75) is 25.9 Å². The third-order valence-corrected chi connectivity index (χ3v) is 7.54. The maximum absolute atomic E-state index is 12.0. The van der Waals surface area contributed by atoms with E-state index in [9.17, 15) is 4.79 Å². The van der Waals surface area contributed by atoms with Crippen LogP contribution in [-0.2, 0) is 22.5 Å². The fourth-order valence-corrected chi connectivity index (χ4v) is 5.62. The monoisotopic (exact) mass is 514 g/mol. The van der Waals surface area contributed by atoms with Crippen LogP contribution in [0.2, 0.25) is 0 Å². The van der Waals surface area contributed by atoms with Gasteiger partial charge in [-0.3, -0.25) is 9.69 Å². The van der Waals surface area contributed by atoms with Gasteiger partial charge in [-0.2, -0.15) is 0 Å². The van der Waals surface area contributed by atoms with Crippen LogP contribution in [-0.4, -0.2) is 47.2 Å². The molecule has 6 nitrogen and oxygen atoms in total. The number of methoxy groups -OCH3 is 1. The molecule has 0 spiro atoms. The third kappa shape index (κ3) is 6.06. The van der Waals surface area contributed by atoms with Crippen molar-refractivity contribution < 1.29 is 18.7 Å². The molecule has 1 aliphatic rings. The van der Waals surface area contributed by atoms with Gasteiger partial charge in [-0.15, -0.1) is 11.8 Å². The van der Waals surface area contributed by atoms with Gasteiger partial charge < -0.3 is 13.9 Å². The van der Waals surface area contributed by atoms with Gasteiger partial charge in [0.05, 0.1) is 19.4 Å². The zero-order valence-electron chi connectivity index (χ0n) is 21.1. The first kappa shape index (κ1) is 25.1. The Morgan fingerprint density at radius 1 is 1.03 bits per heavy atom. The quantitative estimate of drug-likeness (QED) is 0.254. The van der Waals surface area contributed by atoms with E-state index in [1.165, 1.54) is 12.7 Å². The Balaban J connectivity index is 1.18. The SMILES string of the molecule is COC(=O)C1CSCN1Cc1cccc(OCCc2nc(-c3ccc(-c4ccccc4)cc3)oc2C)c1. The highest BCUT2D eigenvalue weighted by molar-refractivity contribution is 7.99. The van der Waals surface area contributed by atoms with Crippen LogP contribution >= 0.6 is 11.8 Å². The average molecular weight is 515 g/mol. The molecule has 0 amide bonds. The number of benzene rings is 3. The second-order valence-corrected chi connectivity index (χ2v) is 10.00. The highest BCUT2D eigenvalue weighted by atomic mass is 32.2. The lowest BCUT2D eigenvalue weighted by Crippen LogP contribution is -2.38. The van der Waals surface area contributed by atoms with Crippen molar-refractivity contribution in [1.82, 2.24) is 9.88 Å². The number of hydrogen-bond acceptors (Lipinski definition) is 7. The second kappa shape index (κ2) is 11.7. The number of aromatic nitrogens is 1. The summed E-state index contributed by atoms with van der Waals surface area (Å²) >= 11 is 1.75. The minimum atomic E-state index is -0.196. The fourth-order valence-electron chi connectivity index (χ4n) is 4.44. The van der Waals surface area contributed by atoms with Crippen molar-refractivity contribution >= 4 is 17.7 Å². The van der Waals surface area contributed by atoms with Gasteiger partial charge >= 0.3 is 5.97 Å². The molecule has 5 rings (SSSR count). The molecule has 190 valence electrons. The van der Waals surface area contributed by atoms with E-state index in [0.717, 1.165) is 45.5 Å². The van der Waals surface area contributed by atoms with Crippen LogP contribution in [0.3, 0.4) is 0 Å². The third-order valence-electron chi connectivity index (χ3n) is 6.47. The lowest BCUT2D eigenvalue weighted by molar-refractivity contribution is -0.145. The van der Waals surface area contributed by atoms with E-state index in [1.54, 1.807) is 11.8 Å². The highest BCUT2D eigenvalue weighted by Gasteiger charge is 2.31. The molecule has 1 aromatic heterocycles. The second-order valence-electron chi connectivity index (χ2n) is 9.00. The summed E-state index contributed by atoms with van der Waals surface area (Å²) in [7, 11) is 1.44. The molecule has 1 saturated heterocycles. The standard InChI is InChI=1S/C30H30N2O4S/c1-21-27(31-29(36-21)25-13-11-24(12-14-25)23-8-4-3-5-9-23)15-16-35-26-10-6-7-22(17-26)18-32-20-37-19-28(32)30(33)34-2/h3-14,17,28H,15-16,18-20H2,1-2H3. The Kier molecular flexibility index (Phi) is 7.92. The van der Waals surface area contributed by atoms with Crippen LogP contribution in [0.5, 0.6) is 5.75 Å². The summed E-state index contributed by atoms with van der Waals surface area (Å²) in [5, 5.41) is 0. The number of thioether (sulfide) groups is 1. The van der Waals surface area contributed by atoms with Gasteiger partial charge in [0.1, 0.15) is 17.6 Å². The normalized spacial score (nSPS) is 15.6. The number of aryl methyl sites for hydroxylation is 1. The van der Waals surface area contributed by atoms with Gasteiger partial charge in [-0.05, 0) is 47.9 Å². The number of ether oxygens (including phenoxy) is 2. The van der Waals surface area contributed by atoms with Crippen LogP contribution in [0.4, 0.5) is 0 Å². The van der Waals surface area contributed by atoms with Gasteiger partial charge in [0.15, 0.2) is 0 Å². The number of hydrogen-bond donors (Lipinski definition) is 0. The summed E-state index contributed by atoms with van der Waals surface area (Å²) < 4.78 is 17.0. The maximum Gasteiger partial charge on any atom is 0.323 e. The first-order valence-corrected chi connectivity index (χ1v) is 13.5. The first-order chi connectivity index (χ1) is 18.1. The number of esters is 1. The molecule has 0 aliphatic carbocycles. The van der Waals surface area contributed by atoms with E-state index in [4.69, 9.17) is 18.9 Å². The molecule has 37 heavy (non-hydrogen) atoms. The molecule has 1 fully saturated rings. The van der Waals surface area contributed by atoms with E-state index in [1.807, 2.05) is 55.5 Å². The zero-order chi connectivity index (χ0) is 25.6. The molecular formula is C30H30N2O4S. The molecule has 1 unspecified atom stereocenters. The zero-order valence-corrected chi connectivity index (χ0v) is 21.9. The highest BCUT2D eigenvalue weighted by Crippen LogP contribution is 2.27. The van der Waals surface area contributed by atoms with E-state index in [2.05, 4.69) is 35.2 Å². The van der Waals surface area contributed by atoms with Crippen LogP contribution in [0.25, 0.3) is 22.6 Å². The smallest absolute Gasteiger partial charge is 0.323 e. The molecule has 1 atom stereocenters. The lowest BCUT2D eigenvalue weighted by Gasteiger charge is -2.21. The van der Waals surface area contributed by atoms with Gasteiger partial charge in [0.25, 0.3) is 0 Å². The van der Waals surface area contributed by atoms with Crippen molar-refractivity contribution in [1.29, 1.82) is 0 Å². The summed E-state index contributed by atoms with van der Waals surface area (Å²) in [5.41, 5.74) is 5.30. The minimum absolute atomic E-state index is 0.174. The summed E-state index contributed by atoms with van der Waals surface area (Å²) in [5.74, 6) is 3.63. The first-order valence-electron chi connectivity index (χ1n) is 12.3. The number of nitrogens with zero attached hydrogens (tertiary/aromatic N) is 2. The Morgan fingerprint density at radius 2 is 1.78 bits per heavy atom. The Bertz CT molecular complexity index is 1340. The largest absolute Gasteiger partial charge is 0.493 e. The van der Waals surface area contributed by atoms with Crippen molar-refractivity contribution in [3.05, 3.63) is 95.9 Å². The molecule has 0 bridgehead atoms. The number of rotatable bonds is 9. The van der Waals surface area contributed by atoms with E-state index >= 15 is 0 Å². The Morgan fingerprint density at radius 3 is 2.57 bits per heavy atom. The van der Waals surface area contributed by atoms with Crippen molar-refractivity contribution in [3.63, 3.8) is 0 Å². The van der Waals surface area contributed by atoms with Crippen LogP contribution in [0.15, 0.2) is 83.3 Å². The van der Waals surface area contributed by atoms with Gasteiger partial charge in [-0.25, -0.2) is 4.98 Å². The van der Waals surface area contributed by atoms with Crippen molar-refractivity contribution in [3.8, 4) is 28.3 Å². The molecule has 0 saturated carbocycles. The predicted octanol–water partition coefficient (Wildman–Crippen LogP) is 5.99. The number of carbonyl (C=O) groups excluding carboxylic acids is 1. The van der Waals surface area contributed by atoms with Crippen molar-refractivity contribution in [2.75, 3.05) is 25.3 Å². The summed E-state index contributed by atoms with van der Waals surface area (Å²) in [6.45, 7) is 3.11. The number of oxazole rings is 1. The fraction of sp³-hybridized carbons (Fsp3) is 0.267. The van der Waals surface area contributed by atoms with Crippen LogP contribution in [0.1, 0.15) is 17.0 Å². The van der Waals surface area contributed by atoms with Crippen molar-refractivity contribution in [2.24, 2.45) is 0 Å². The molecule has 0 N–H and O–H groups in total. The van der Waals surface area contributed by atoms with E-state index < -0.39 is 0 Å². The Labute approximate surface area is 221 Å². The molecule has 0 radical (unpaired) electrons. The summed E-state index contributed by atoms with van der Waals surface area (Å²) in [6, 6.07) is 26.4.